The third-order valence-electron chi connectivity index (χ3n) is 3.19. The Bertz CT molecular complexity index is 787. The standard InChI is InChI=1S/C13H15N5OS/c1-6(2)10(14)12-17-7-3-9(8-4-15-5-16-8)20-11(7)13(19)18-12/h3-6,10H,14H2,1-2H3,(H,15,16)(H,17,18,19)/t10-/m0/s1. The first-order chi connectivity index (χ1) is 9.56. The van der Waals surface area contributed by atoms with Crippen LogP contribution in [-0.4, -0.2) is 19.9 Å². The fourth-order valence-corrected chi connectivity index (χ4v) is 2.91. The Kier molecular flexibility index (Phi) is 3.15. The molecule has 4 N–H and O–H groups in total. The van der Waals surface area contributed by atoms with Crippen molar-refractivity contribution in [2.75, 3.05) is 0 Å². The summed E-state index contributed by atoms with van der Waals surface area (Å²) < 4.78 is 0.600. The predicted molar refractivity (Wildman–Crippen MR) is 79.6 cm³/mol. The van der Waals surface area contributed by atoms with Crippen molar-refractivity contribution in [3.05, 3.63) is 34.8 Å². The monoisotopic (exact) mass is 289 g/mol. The van der Waals surface area contributed by atoms with Gasteiger partial charge in [0, 0.05) is 6.20 Å². The lowest BCUT2D eigenvalue weighted by molar-refractivity contribution is 0.491. The van der Waals surface area contributed by atoms with Gasteiger partial charge < -0.3 is 15.7 Å². The zero-order valence-corrected chi connectivity index (χ0v) is 12.0. The van der Waals surface area contributed by atoms with E-state index in [1.54, 1.807) is 12.5 Å². The number of thiophene rings is 1. The summed E-state index contributed by atoms with van der Waals surface area (Å²) in [5.41, 5.74) is 7.38. The summed E-state index contributed by atoms with van der Waals surface area (Å²) in [5.74, 6) is 0.740. The van der Waals surface area contributed by atoms with Crippen LogP contribution >= 0.6 is 11.3 Å². The highest BCUT2D eigenvalue weighted by molar-refractivity contribution is 7.22. The van der Waals surface area contributed by atoms with Crippen LogP contribution in [-0.2, 0) is 0 Å². The van der Waals surface area contributed by atoms with E-state index in [-0.39, 0.29) is 17.5 Å². The highest BCUT2D eigenvalue weighted by Crippen LogP contribution is 2.29. The Balaban J connectivity index is 2.15. The van der Waals surface area contributed by atoms with Crippen molar-refractivity contribution in [2.45, 2.75) is 19.9 Å². The molecule has 3 aromatic rings. The molecule has 20 heavy (non-hydrogen) atoms. The van der Waals surface area contributed by atoms with Gasteiger partial charge in [0.2, 0.25) is 0 Å². The van der Waals surface area contributed by atoms with Crippen LogP contribution in [0.1, 0.15) is 25.7 Å². The minimum atomic E-state index is -0.277. The molecule has 0 aliphatic carbocycles. The van der Waals surface area contributed by atoms with Crippen molar-refractivity contribution < 1.29 is 0 Å². The number of imidazole rings is 1. The Morgan fingerprint density at radius 3 is 2.85 bits per heavy atom. The molecule has 0 aliphatic heterocycles. The van der Waals surface area contributed by atoms with Crippen molar-refractivity contribution in [2.24, 2.45) is 11.7 Å². The van der Waals surface area contributed by atoms with E-state index in [0.717, 1.165) is 10.6 Å². The number of H-pyrrole nitrogens is 2. The second-order valence-corrected chi connectivity index (χ2v) is 6.05. The molecule has 104 valence electrons. The van der Waals surface area contributed by atoms with Gasteiger partial charge in [-0.3, -0.25) is 4.79 Å². The molecule has 1 atom stereocenters. The summed E-state index contributed by atoms with van der Waals surface area (Å²) in [4.78, 5) is 27.4. The molecule has 3 rings (SSSR count). The highest BCUT2D eigenvalue weighted by atomic mass is 32.1. The van der Waals surface area contributed by atoms with Crippen LogP contribution in [0.25, 0.3) is 20.8 Å². The minimum Gasteiger partial charge on any atom is -0.351 e. The van der Waals surface area contributed by atoms with Gasteiger partial charge in [-0.15, -0.1) is 11.3 Å². The molecule has 0 radical (unpaired) electrons. The molecule has 0 bridgehead atoms. The maximum atomic E-state index is 12.1. The Morgan fingerprint density at radius 1 is 1.40 bits per heavy atom. The van der Waals surface area contributed by atoms with Gasteiger partial charge in [0.25, 0.3) is 5.56 Å². The lowest BCUT2D eigenvalue weighted by atomic mass is 10.1. The Morgan fingerprint density at radius 2 is 2.20 bits per heavy atom. The van der Waals surface area contributed by atoms with Gasteiger partial charge >= 0.3 is 0 Å². The van der Waals surface area contributed by atoms with E-state index < -0.39 is 0 Å². The summed E-state index contributed by atoms with van der Waals surface area (Å²) in [6.07, 6.45) is 3.40. The zero-order chi connectivity index (χ0) is 14.3. The quantitative estimate of drug-likeness (QED) is 0.686. The molecule has 3 aromatic heterocycles. The van der Waals surface area contributed by atoms with E-state index in [2.05, 4.69) is 19.9 Å². The van der Waals surface area contributed by atoms with Crippen LogP contribution in [0.15, 0.2) is 23.4 Å². The summed E-state index contributed by atoms with van der Waals surface area (Å²) in [6.45, 7) is 4.00. The third kappa shape index (κ3) is 2.14. The number of nitrogens with one attached hydrogen (secondary N) is 2. The topological polar surface area (TPSA) is 100 Å². The number of fused-ring (bicyclic) bond motifs is 1. The van der Waals surface area contributed by atoms with E-state index in [4.69, 9.17) is 5.73 Å². The van der Waals surface area contributed by atoms with Gasteiger partial charge in [0.15, 0.2) is 0 Å². The normalized spacial score (nSPS) is 13.2. The van der Waals surface area contributed by atoms with Crippen molar-refractivity contribution in [1.82, 2.24) is 19.9 Å². The lowest BCUT2D eigenvalue weighted by Crippen LogP contribution is -2.23. The number of rotatable bonds is 3. The molecule has 0 saturated heterocycles. The Labute approximate surface area is 119 Å². The molecular weight excluding hydrogens is 274 g/mol. The van der Waals surface area contributed by atoms with Gasteiger partial charge in [-0.1, -0.05) is 13.8 Å². The van der Waals surface area contributed by atoms with E-state index in [9.17, 15) is 4.79 Å². The fourth-order valence-electron chi connectivity index (χ4n) is 1.95. The number of hydrogen-bond donors (Lipinski definition) is 3. The smallest absolute Gasteiger partial charge is 0.268 e. The molecular formula is C13H15N5OS. The SMILES string of the molecule is CC(C)[C@H](N)c1nc2cc(-c3c[nH]cn3)sc2c(=O)[nH]1. The minimum absolute atomic E-state index is 0.145. The van der Waals surface area contributed by atoms with Crippen molar-refractivity contribution in [3.8, 4) is 10.6 Å². The number of hydrogen-bond acceptors (Lipinski definition) is 5. The third-order valence-corrected chi connectivity index (χ3v) is 4.33. The first-order valence-electron chi connectivity index (χ1n) is 6.34. The molecule has 7 heteroatoms. The maximum absolute atomic E-state index is 12.1. The number of nitrogens with two attached hydrogens (primary N) is 1. The molecule has 0 amide bonds. The van der Waals surface area contributed by atoms with Crippen LogP contribution in [0.2, 0.25) is 0 Å². The summed E-state index contributed by atoms with van der Waals surface area (Å²) in [5, 5.41) is 0. The lowest BCUT2D eigenvalue weighted by Gasteiger charge is -2.13. The molecule has 0 spiro atoms. The van der Waals surface area contributed by atoms with E-state index in [1.807, 2.05) is 19.9 Å². The van der Waals surface area contributed by atoms with Crippen LogP contribution in [0, 0.1) is 5.92 Å². The molecule has 0 fully saturated rings. The second kappa shape index (κ2) is 4.84. The van der Waals surface area contributed by atoms with Crippen LogP contribution < -0.4 is 11.3 Å². The van der Waals surface area contributed by atoms with Gasteiger partial charge in [-0.25, -0.2) is 9.97 Å². The van der Waals surface area contributed by atoms with Crippen molar-refractivity contribution >= 4 is 21.6 Å². The molecule has 6 nitrogen and oxygen atoms in total. The summed E-state index contributed by atoms with van der Waals surface area (Å²) in [7, 11) is 0. The molecule has 0 unspecified atom stereocenters. The van der Waals surface area contributed by atoms with Gasteiger partial charge in [-0.2, -0.15) is 0 Å². The van der Waals surface area contributed by atoms with Crippen molar-refractivity contribution in [1.29, 1.82) is 0 Å². The molecule has 0 aromatic carbocycles. The zero-order valence-electron chi connectivity index (χ0n) is 11.2. The van der Waals surface area contributed by atoms with E-state index in [0.29, 0.717) is 16.0 Å². The fraction of sp³-hybridized carbons (Fsp3) is 0.308. The summed E-state index contributed by atoms with van der Waals surface area (Å²) in [6, 6.07) is 1.60. The maximum Gasteiger partial charge on any atom is 0.268 e. The van der Waals surface area contributed by atoms with Gasteiger partial charge in [0.1, 0.15) is 10.5 Å². The van der Waals surface area contributed by atoms with Gasteiger partial charge in [-0.05, 0) is 12.0 Å². The van der Waals surface area contributed by atoms with Crippen molar-refractivity contribution in [3.63, 3.8) is 0 Å². The number of nitrogens with zero attached hydrogens (tertiary/aromatic N) is 2. The number of aromatic amines is 2. The molecule has 0 saturated carbocycles. The second-order valence-electron chi connectivity index (χ2n) is 5.00. The number of aromatic nitrogens is 4. The average Bonchev–Trinajstić information content (AvgIpc) is 3.05. The predicted octanol–water partition coefficient (Wildman–Crippen LogP) is 2.03. The van der Waals surface area contributed by atoms with E-state index >= 15 is 0 Å². The first-order valence-corrected chi connectivity index (χ1v) is 7.16. The van der Waals surface area contributed by atoms with E-state index in [1.165, 1.54) is 11.3 Å². The first kappa shape index (κ1) is 13.0. The summed E-state index contributed by atoms with van der Waals surface area (Å²) >= 11 is 1.38. The van der Waals surface area contributed by atoms with Crippen LogP contribution in [0.4, 0.5) is 0 Å². The molecule has 0 aliphatic rings. The largest absolute Gasteiger partial charge is 0.351 e. The van der Waals surface area contributed by atoms with Crippen LogP contribution in [0.5, 0.6) is 0 Å². The Hall–Kier alpha value is -1.99. The average molecular weight is 289 g/mol. The van der Waals surface area contributed by atoms with Crippen LogP contribution in [0.3, 0.4) is 0 Å². The van der Waals surface area contributed by atoms with Gasteiger partial charge in [0.05, 0.1) is 28.5 Å². The molecule has 3 heterocycles. The highest BCUT2D eigenvalue weighted by Gasteiger charge is 2.16.